The first-order valence-corrected chi connectivity index (χ1v) is 5.08. The number of likely N-dealkylation sites (tertiary alicyclic amines) is 1. The van der Waals surface area contributed by atoms with Gasteiger partial charge in [-0.05, 0) is 18.8 Å². The molecular weight excluding hydrogens is 204 g/mol. The molecule has 2 nitrogen and oxygen atoms in total. The van der Waals surface area contributed by atoms with Crippen molar-refractivity contribution in [3.05, 3.63) is 0 Å². The van der Waals surface area contributed by atoms with Crippen LogP contribution in [0.2, 0.25) is 0 Å². The minimum Gasteiger partial charge on any atom is -0.365 e. The second-order valence-electron chi connectivity index (χ2n) is 3.80. The molecule has 1 rings (SSSR count). The van der Waals surface area contributed by atoms with Gasteiger partial charge < -0.3 is 10.6 Å². The van der Waals surface area contributed by atoms with Gasteiger partial charge in [0.2, 0.25) is 0 Å². The highest BCUT2D eigenvalue weighted by molar-refractivity contribution is 7.80. The Morgan fingerprint density at radius 3 is 2.15 bits per heavy atom. The van der Waals surface area contributed by atoms with Gasteiger partial charge in [-0.15, -0.1) is 12.4 Å². The maximum atomic E-state index is 5.96. The third-order valence-corrected chi connectivity index (χ3v) is 2.95. The highest BCUT2D eigenvalue weighted by Crippen LogP contribution is 2.12. The molecule has 1 atom stereocenters. The molecule has 1 saturated heterocycles. The minimum atomic E-state index is 0. The second-order valence-corrected chi connectivity index (χ2v) is 4.22. The number of rotatable bonds is 2. The number of hydrogen-bond donors (Lipinski definition) is 1. The molecule has 0 amide bonds. The van der Waals surface area contributed by atoms with E-state index in [4.69, 9.17) is 18.0 Å². The second kappa shape index (κ2) is 5.78. The Labute approximate surface area is 92.3 Å². The van der Waals surface area contributed by atoms with Crippen LogP contribution in [0, 0.1) is 5.92 Å². The van der Waals surface area contributed by atoms with E-state index in [1.165, 1.54) is 12.8 Å². The van der Waals surface area contributed by atoms with Crippen LogP contribution < -0.4 is 5.73 Å². The molecule has 0 aliphatic carbocycles. The number of thiocarbonyl (C=S) groups is 1. The molecule has 0 aromatic carbocycles. The van der Waals surface area contributed by atoms with Crippen LogP contribution in [0.4, 0.5) is 0 Å². The number of halogens is 1. The fourth-order valence-corrected chi connectivity index (χ4v) is 1.89. The minimum absolute atomic E-state index is 0. The highest BCUT2D eigenvalue weighted by Gasteiger charge is 2.21. The SMILES string of the molecule is CC(C)C(N)C(=S)N1CCCC1.Cl. The number of nitrogens with two attached hydrogens (primary N) is 1. The molecule has 0 saturated carbocycles. The van der Waals surface area contributed by atoms with E-state index in [2.05, 4.69) is 18.7 Å². The van der Waals surface area contributed by atoms with E-state index in [-0.39, 0.29) is 18.4 Å². The lowest BCUT2D eigenvalue weighted by atomic mass is 10.1. The molecule has 0 radical (unpaired) electrons. The average molecular weight is 223 g/mol. The van der Waals surface area contributed by atoms with E-state index in [0.717, 1.165) is 18.1 Å². The summed E-state index contributed by atoms with van der Waals surface area (Å²) in [4.78, 5) is 3.21. The summed E-state index contributed by atoms with van der Waals surface area (Å²) >= 11 is 5.31. The summed E-state index contributed by atoms with van der Waals surface area (Å²) in [5, 5.41) is 0. The summed E-state index contributed by atoms with van der Waals surface area (Å²) in [7, 11) is 0. The summed E-state index contributed by atoms with van der Waals surface area (Å²) in [6.45, 7) is 6.46. The van der Waals surface area contributed by atoms with Gasteiger partial charge in [0.05, 0.1) is 11.0 Å². The van der Waals surface area contributed by atoms with Crippen LogP contribution in [-0.2, 0) is 0 Å². The third-order valence-electron chi connectivity index (χ3n) is 2.42. The largest absolute Gasteiger partial charge is 0.365 e. The summed E-state index contributed by atoms with van der Waals surface area (Å²) < 4.78 is 0. The van der Waals surface area contributed by atoms with Crippen LogP contribution in [0.1, 0.15) is 26.7 Å². The number of hydrogen-bond acceptors (Lipinski definition) is 2. The van der Waals surface area contributed by atoms with Gasteiger partial charge in [-0.3, -0.25) is 0 Å². The van der Waals surface area contributed by atoms with Gasteiger partial charge in [0, 0.05) is 13.1 Å². The molecule has 2 N–H and O–H groups in total. The number of nitrogens with zero attached hydrogens (tertiary/aromatic N) is 1. The summed E-state index contributed by atoms with van der Waals surface area (Å²) in [6.07, 6.45) is 2.54. The van der Waals surface area contributed by atoms with Crippen molar-refractivity contribution in [2.45, 2.75) is 32.7 Å². The molecule has 1 fully saturated rings. The van der Waals surface area contributed by atoms with Crippen LogP contribution in [0.5, 0.6) is 0 Å². The zero-order chi connectivity index (χ0) is 9.14. The monoisotopic (exact) mass is 222 g/mol. The van der Waals surface area contributed by atoms with Crippen molar-refractivity contribution in [2.75, 3.05) is 13.1 Å². The van der Waals surface area contributed by atoms with Gasteiger partial charge in [0.25, 0.3) is 0 Å². The van der Waals surface area contributed by atoms with Gasteiger partial charge in [-0.1, -0.05) is 26.1 Å². The first-order chi connectivity index (χ1) is 5.63. The van der Waals surface area contributed by atoms with Gasteiger partial charge >= 0.3 is 0 Å². The Morgan fingerprint density at radius 2 is 1.77 bits per heavy atom. The fraction of sp³-hybridized carbons (Fsp3) is 0.889. The lowest BCUT2D eigenvalue weighted by molar-refractivity contribution is 0.476. The molecule has 0 bridgehead atoms. The van der Waals surface area contributed by atoms with Crippen LogP contribution >= 0.6 is 24.6 Å². The fourth-order valence-electron chi connectivity index (χ4n) is 1.43. The molecular formula is C9H19ClN2S. The topological polar surface area (TPSA) is 29.3 Å². The Kier molecular flexibility index (Phi) is 5.85. The first-order valence-electron chi connectivity index (χ1n) is 4.67. The van der Waals surface area contributed by atoms with Crippen LogP contribution in [0.15, 0.2) is 0 Å². The van der Waals surface area contributed by atoms with E-state index in [9.17, 15) is 0 Å². The maximum Gasteiger partial charge on any atom is 0.0952 e. The summed E-state index contributed by atoms with van der Waals surface area (Å²) in [5.74, 6) is 0.457. The van der Waals surface area contributed by atoms with Gasteiger partial charge in [-0.25, -0.2) is 0 Å². The molecule has 4 heteroatoms. The van der Waals surface area contributed by atoms with E-state index in [1.54, 1.807) is 0 Å². The van der Waals surface area contributed by atoms with Crippen molar-refractivity contribution >= 4 is 29.6 Å². The Balaban J connectivity index is 0.00000144. The van der Waals surface area contributed by atoms with E-state index in [1.807, 2.05) is 0 Å². The lowest BCUT2D eigenvalue weighted by Gasteiger charge is -2.25. The molecule has 1 aliphatic rings. The molecule has 0 aromatic rings. The molecule has 13 heavy (non-hydrogen) atoms. The van der Waals surface area contributed by atoms with Crippen LogP contribution in [0.3, 0.4) is 0 Å². The molecule has 0 aromatic heterocycles. The quantitative estimate of drug-likeness (QED) is 0.723. The van der Waals surface area contributed by atoms with Gasteiger partial charge in [0.15, 0.2) is 0 Å². The standard InChI is InChI=1S/C9H18N2S.ClH/c1-7(2)8(10)9(12)11-5-3-4-6-11;/h7-8H,3-6,10H2,1-2H3;1H. The lowest BCUT2D eigenvalue weighted by Crippen LogP contribution is -2.44. The van der Waals surface area contributed by atoms with Crippen LogP contribution in [0.25, 0.3) is 0 Å². The van der Waals surface area contributed by atoms with Crippen molar-refractivity contribution < 1.29 is 0 Å². The Bertz CT molecular complexity index is 163. The maximum absolute atomic E-state index is 5.96. The Hall–Kier alpha value is 0.140. The Morgan fingerprint density at radius 1 is 1.31 bits per heavy atom. The van der Waals surface area contributed by atoms with Crippen LogP contribution in [-0.4, -0.2) is 29.0 Å². The van der Waals surface area contributed by atoms with Crippen molar-refractivity contribution in [3.8, 4) is 0 Å². The van der Waals surface area contributed by atoms with E-state index in [0.29, 0.717) is 5.92 Å². The highest BCUT2D eigenvalue weighted by atomic mass is 35.5. The normalized spacial score (nSPS) is 18.6. The van der Waals surface area contributed by atoms with Crippen molar-refractivity contribution in [3.63, 3.8) is 0 Å². The molecule has 1 aliphatic heterocycles. The van der Waals surface area contributed by atoms with Gasteiger partial charge in [-0.2, -0.15) is 0 Å². The van der Waals surface area contributed by atoms with E-state index < -0.39 is 0 Å². The molecule has 78 valence electrons. The predicted molar refractivity (Wildman–Crippen MR) is 63.5 cm³/mol. The summed E-state index contributed by atoms with van der Waals surface area (Å²) in [6, 6.07) is 0.0677. The van der Waals surface area contributed by atoms with E-state index >= 15 is 0 Å². The van der Waals surface area contributed by atoms with Gasteiger partial charge in [0.1, 0.15) is 0 Å². The summed E-state index contributed by atoms with van der Waals surface area (Å²) in [5.41, 5.74) is 5.96. The predicted octanol–water partition coefficient (Wildman–Crippen LogP) is 1.81. The molecule has 1 unspecified atom stereocenters. The zero-order valence-corrected chi connectivity index (χ0v) is 9.96. The third kappa shape index (κ3) is 3.41. The van der Waals surface area contributed by atoms with Crippen molar-refractivity contribution in [1.82, 2.24) is 4.90 Å². The molecule has 0 spiro atoms. The van der Waals surface area contributed by atoms with Crippen molar-refractivity contribution in [1.29, 1.82) is 0 Å². The smallest absolute Gasteiger partial charge is 0.0952 e. The first kappa shape index (κ1) is 13.1. The average Bonchev–Trinajstić information content (AvgIpc) is 2.53. The van der Waals surface area contributed by atoms with Crippen molar-refractivity contribution in [2.24, 2.45) is 11.7 Å². The molecule has 1 heterocycles. The zero-order valence-electron chi connectivity index (χ0n) is 8.32.